The van der Waals surface area contributed by atoms with Crippen LogP contribution in [0.5, 0.6) is 0 Å². The predicted molar refractivity (Wildman–Crippen MR) is 74.5 cm³/mol. The van der Waals surface area contributed by atoms with Gasteiger partial charge in [0, 0.05) is 31.2 Å². The molecule has 0 bridgehead atoms. The highest BCUT2D eigenvalue weighted by molar-refractivity contribution is 4.96. The molecule has 0 aromatic heterocycles. The number of likely N-dealkylation sites (N-methyl/N-ethyl adjacent to an activating group) is 1. The van der Waals surface area contributed by atoms with Crippen LogP contribution in [0.3, 0.4) is 0 Å². The van der Waals surface area contributed by atoms with Crippen molar-refractivity contribution in [3.05, 3.63) is 0 Å². The van der Waals surface area contributed by atoms with E-state index in [4.69, 9.17) is 5.73 Å². The standard InChI is InChI=1S/C14H29N3O/c1-12-10-16(2)8-9-17(12)7-5-13-4-3-6-14(13,15)11-18/h12-13,18H,3-11,15H2,1-2H3. The average molecular weight is 255 g/mol. The summed E-state index contributed by atoms with van der Waals surface area (Å²) in [6, 6.07) is 0.645. The van der Waals surface area contributed by atoms with Crippen molar-refractivity contribution in [3.8, 4) is 0 Å². The van der Waals surface area contributed by atoms with Crippen LogP contribution in [0.15, 0.2) is 0 Å². The van der Waals surface area contributed by atoms with Crippen molar-refractivity contribution < 1.29 is 5.11 Å². The first-order chi connectivity index (χ1) is 8.55. The van der Waals surface area contributed by atoms with E-state index >= 15 is 0 Å². The van der Waals surface area contributed by atoms with Crippen LogP contribution in [0.2, 0.25) is 0 Å². The number of piperazine rings is 1. The van der Waals surface area contributed by atoms with E-state index in [9.17, 15) is 5.11 Å². The number of rotatable bonds is 4. The molecule has 106 valence electrons. The van der Waals surface area contributed by atoms with Crippen LogP contribution in [-0.4, -0.2) is 66.3 Å². The summed E-state index contributed by atoms with van der Waals surface area (Å²) in [6.07, 6.45) is 4.51. The minimum atomic E-state index is -0.296. The Bertz CT molecular complexity index is 274. The molecule has 18 heavy (non-hydrogen) atoms. The molecule has 0 spiro atoms. The molecule has 1 heterocycles. The van der Waals surface area contributed by atoms with Crippen LogP contribution < -0.4 is 5.73 Å². The number of hydrogen-bond acceptors (Lipinski definition) is 4. The van der Waals surface area contributed by atoms with Gasteiger partial charge in [-0.1, -0.05) is 6.42 Å². The van der Waals surface area contributed by atoms with Crippen LogP contribution in [0.25, 0.3) is 0 Å². The number of aliphatic hydroxyl groups excluding tert-OH is 1. The maximum absolute atomic E-state index is 9.47. The third-order valence-corrected chi connectivity index (χ3v) is 5.04. The minimum Gasteiger partial charge on any atom is -0.394 e. The highest BCUT2D eigenvalue weighted by Gasteiger charge is 2.38. The lowest BCUT2D eigenvalue weighted by atomic mass is 9.86. The number of hydrogen-bond donors (Lipinski definition) is 2. The second kappa shape index (κ2) is 5.87. The summed E-state index contributed by atoms with van der Waals surface area (Å²) >= 11 is 0. The molecule has 2 fully saturated rings. The molecule has 1 saturated heterocycles. The molecule has 0 radical (unpaired) electrons. The molecule has 1 aliphatic heterocycles. The van der Waals surface area contributed by atoms with Gasteiger partial charge in [-0.2, -0.15) is 0 Å². The molecule has 4 heteroatoms. The molecular weight excluding hydrogens is 226 g/mol. The van der Waals surface area contributed by atoms with Crippen LogP contribution in [0.4, 0.5) is 0 Å². The third-order valence-electron chi connectivity index (χ3n) is 5.04. The molecule has 1 aliphatic carbocycles. The van der Waals surface area contributed by atoms with Gasteiger partial charge in [-0.25, -0.2) is 0 Å². The van der Waals surface area contributed by atoms with E-state index in [-0.39, 0.29) is 12.1 Å². The van der Waals surface area contributed by atoms with E-state index in [0.29, 0.717) is 12.0 Å². The molecule has 0 amide bonds. The second-order valence-electron chi connectivity index (χ2n) is 6.42. The Morgan fingerprint density at radius 2 is 2.17 bits per heavy atom. The smallest absolute Gasteiger partial charge is 0.0613 e. The van der Waals surface area contributed by atoms with E-state index in [1.165, 1.54) is 32.5 Å². The number of nitrogens with two attached hydrogens (primary N) is 1. The Hall–Kier alpha value is -0.160. The third kappa shape index (κ3) is 3.05. The molecule has 3 unspecified atom stereocenters. The highest BCUT2D eigenvalue weighted by Crippen LogP contribution is 2.35. The summed E-state index contributed by atoms with van der Waals surface area (Å²) in [5, 5.41) is 9.47. The van der Waals surface area contributed by atoms with Gasteiger partial charge in [0.05, 0.1) is 6.61 Å². The quantitative estimate of drug-likeness (QED) is 0.768. The summed E-state index contributed by atoms with van der Waals surface area (Å²) in [4.78, 5) is 4.98. The van der Waals surface area contributed by atoms with Crippen molar-refractivity contribution in [1.82, 2.24) is 9.80 Å². The van der Waals surface area contributed by atoms with Crippen molar-refractivity contribution in [2.24, 2.45) is 11.7 Å². The maximum Gasteiger partial charge on any atom is 0.0613 e. The highest BCUT2D eigenvalue weighted by atomic mass is 16.3. The minimum absolute atomic E-state index is 0.149. The van der Waals surface area contributed by atoms with E-state index in [0.717, 1.165) is 19.4 Å². The molecule has 2 rings (SSSR count). The van der Waals surface area contributed by atoms with Gasteiger partial charge in [-0.15, -0.1) is 0 Å². The zero-order valence-electron chi connectivity index (χ0n) is 11.9. The van der Waals surface area contributed by atoms with Crippen LogP contribution in [0.1, 0.15) is 32.6 Å². The fourth-order valence-corrected chi connectivity index (χ4v) is 3.64. The summed E-state index contributed by atoms with van der Waals surface area (Å²) in [7, 11) is 2.20. The van der Waals surface area contributed by atoms with Gasteiger partial charge < -0.3 is 15.7 Å². The first-order valence-electron chi connectivity index (χ1n) is 7.37. The van der Waals surface area contributed by atoms with Gasteiger partial charge in [0.25, 0.3) is 0 Å². The molecule has 1 saturated carbocycles. The van der Waals surface area contributed by atoms with E-state index in [1.54, 1.807) is 0 Å². The van der Waals surface area contributed by atoms with Gasteiger partial charge in [0.15, 0.2) is 0 Å². The number of nitrogens with zero attached hydrogens (tertiary/aromatic N) is 2. The van der Waals surface area contributed by atoms with Crippen LogP contribution in [0, 0.1) is 5.92 Å². The molecule has 0 aromatic rings. The Morgan fingerprint density at radius 3 is 2.83 bits per heavy atom. The van der Waals surface area contributed by atoms with Gasteiger partial charge in [0.1, 0.15) is 0 Å². The van der Waals surface area contributed by atoms with Crippen molar-refractivity contribution in [2.75, 3.05) is 39.8 Å². The molecule has 2 aliphatic rings. The maximum atomic E-state index is 9.47. The average Bonchev–Trinajstić information content (AvgIpc) is 2.71. The van der Waals surface area contributed by atoms with E-state index < -0.39 is 0 Å². The Labute approximate surface area is 111 Å². The molecule has 4 nitrogen and oxygen atoms in total. The summed E-state index contributed by atoms with van der Waals surface area (Å²) < 4.78 is 0. The van der Waals surface area contributed by atoms with Gasteiger partial charge in [0.2, 0.25) is 0 Å². The van der Waals surface area contributed by atoms with Crippen molar-refractivity contribution in [2.45, 2.75) is 44.2 Å². The Kier molecular flexibility index (Phi) is 4.64. The SMILES string of the molecule is CC1CN(C)CCN1CCC1CCCC1(N)CO. The first kappa shape index (κ1) is 14.3. The molecule has 3 N–H and O–H groups in total. The number of aliphatic hydroxyl groups is 1. The molecule has 0 aromatic carbocycles. The Morgan fingerprint density at radius 1 is 1.39 bits per heavy atom. The fraction of sp³-hybridized carbons (Fsp3) is 1.00. The fourth-order valence-electron chi connectivity index (χ4n) is 3.64. The molecular formula is C14H29N3O. The van der Waals surface area contributed by atoms with Crippen molar-refractivity contribution in [1.29, 1.82) is 0 Å². The summed E-state index contributed by atoms with van der Waals surface area (Å²) in [6.45, 7) is 7.10. The van der Waals surface area contributed by atoms with Crippen molar-refractivity contribution >= 4 is 0 Å². The van der Waals surface area contributed by atoms with Crippen LogP contribution in [-0.2, 0) is 0 Å². The zero-order valence-corrected chi connectivity index (χ0v) is 11.9. The Balaban J connectivity index is 1.81. The normalized spacial score (nSPS) is 39.3. The zero-order chi connectivity index (χ0) is 13.2. The monoisotopic (exact) mass is 255 g/mol. The summed E-state index contributed by atoms with van der Waals surface area (Å²) in [5.41, 5.74) is 6.00. The lowest BCUT2D eigenvalue weighted by Crippen LogP contribution is -2.52. The van der Waals surface area contributed by atoms with Crippen LogP contribution >= 0.6 is 0 Å². The van der Waals surface area contributed by atoms with E-state index in [1.807, 2.05) is 0 Å². The second-order valence-corrected chi connectivity index (χ2v) is 6.42. The molecule has 3 atom stereocenters. The van der Waals surface area contributed by atoms with Gasteiger partial charge in [-0.3, -0.25) is 4.90 Å². The lowest BCUT2D eigenvalue weighted by Gasteiger charge is -2.39. The lowest BCUT2D eigenvalue weighted by molar-refractivity contribution is 0.0842. The van der Waals surface area contributed by atoms with Crippen molar-refractivity contribution in [3.63, 3.8) is 0 Å². The summed E-state index contributed by atoms with van der Waals surface area (Å²) in [5.74, 6) is 0.509. The van der Waals surface area contributed by atoms with Gasteiger partial charge >= 0.3 is 0 Å². The topological polar surface area (TPSA) is 52.7 Å². The van der Waals surface area contributed by atoms with E-state index in [2.05, 4.69) is 23.8 Å². The van der Waals surface area contributed by atoms with Gasteiger partial charge in [-0.05, 0) is 45.7 Å². The predicted octanol–water partition coefficient (Wildman–Crippen LogP) is 0.502. The largest absolute Gasteiger partial charge is 0.394 e. The first-order valence-corrected chi connectivity index (χ1v) is 7.37.